The molecule has 3 aromatic heterocycles. The zero-order chi connectivity index (χ0) is 17.1. The van der Waals surface area contributed by atoms with Crippen molar-refractivity contribution in [3.63, 3.8) is 0 Å². The van der Waals surface area contributed by atoms with E-state index in [0.717, 1.165) is 52.2 Å². The molecule has 1 aliphatic carbocycles. The molecule has 2 N–H and O–H groups in total. The molecule has 5 rings (SSSR count). The van der Waals surface area contributed by atoms with Gasteiger partial charge in [0.15, 0.2) is 5.65 Å². The Labute approximate surface area is 154 Å². The minimum atomic E-state index is 0.334. The van der Waals surface area contributed by atoms with Crippen molar-refractivity contribution in [1.29, 1.82) is 0 Å². The van der Waals surface area contributed by atoms with Crippen molar-refractivity contribution in [3.8, 4) is 0 Å². The first kappa shape index (κ1) is 15.3. The molecule has 1 saturated carbocycles. The van der Waals surface area contributed by atoms with E-state index in [1.807, 2.05) is 24.7 Å². The van der Waals surface area contributed by atoms with Crippen molar-refractivity contribution in [1.82, 2.24) is 19.4 Å². The van der Waals surface area contributed by atoms with Crippen molar-refractivity contribution in [3.05, 3.63) is 35.9 Å². The van der Waals surface area contributed by atoms with Crippen LogP contribution in [-0.2, 0) is 0 Å². The average Bonchev–Trinajstić information content (AvgIpc) is 3.06. The van der Waals surface area contributed by atoms with Crippen LogP contribution < -0.4 is 10.6 Å². The van der Waals surface area contributed by atoms with E-state index in [2.05, 4.69) is 26.2 Å². The third-order valence-electron chi connectivity index (χ3n) is 5.38. The maximum absolute atomic E-state index is 6.27. The van der Waals surface area contributed by atoms with Crippen LogP contribution in [0.2, 0.25) is 5.02 Å². The highest BCUT2D eigenvalue weighted by atomic mass is 35.5. The normalized spacial score (nSPS) is 24.7. The predicted octanol–water partition coefficient (Wildman–Crippen LogP) is 3.21. The summed E-state index contributed by atoms with van der Waals surface area (Å²) in [6.45, 7) is 4.52. The van der Waals surface area contributed by atoms with E-state index in [1.54, 1.807) is 6.20 Å². The number of piperidine rings is 1. The molecular weight excluding hydrogens is 356 g/mol. The number of halogens is 1. The van der Waals surface area contributed by atoms with Gasteiger partial charge in [-0.15, -0.1) is 0 Å². The van der Waals surface area contributed by atoms with Crippen LogP contribution in [0.4, 0.5) is 11.8 Å². The van der Waals surface area contributed by atoms with Gasteiger partial charge >= 0.3 is 0 Å². The zero-order valence-corrected chi connectivity index (χ0v) is 15.2. The lowest BCUT2D eigenvalue weighted by Gasteiger charge is -2.21. The summed E-state index contributed by atoms with van der Waals surface area (Å²) in [6, 6.07) is 1.85. The van der Waals surface area contributed by atoms with Crippen molar-refractivity contribution in [2.24, 2.45) is 17.8 Å². The lowest BCUT2D eigenvalue weighted by atomic mass is 10.3. The van der Waals surface area contributed by atoms with Gasteiger partial charge in [-0.05, 0) is 23.8 Å². The monoisotopic (exact) mass is 372 g/mol. The second kappa shape index (κ2) is 5.51. The first-order valence-electron chi connectivity index (χ1n) is 8.28. The van der Waals surface area contributed by atoms with Gasteiger partial charge in [-0.2, -0.15) is 0 Å². The minimum Gasteiger partial charge on any atom is -0.382 e. The maximum atomic E-state index is 6.27. The van der Waals surface area contributed by atoms with Crippen LogP contribution in [0.3, 0.4) is 0 Å². The number of fused-ring (bicyclic) bond motifs is 2. The van der Waals surface area contributed by atoms with Gasteiger partial charge in [0.2, 0.25) is 5.95 Å². The van der Waals surface area contributed by atoms with E-state index < -0.39 is 0 Å². The lowest BCUT2D eigenvalue weighted by Crippen LogP contribution is -2.26. The predicted molar refractivity (Wildman–Crippen MR) is 99.1 cm³/mol. The molecule has 2 aliphatic rings. The number of nitrogen functional groups attached to an aromatic ring is 1. The molecule has 6 nitrogen and oxygen atoms in total. The Morgan fingerprint density at radius 1 is 1.16 bits per heavy atom. The third-order valence-corrected chi connectivity index (χ3v) is 6.96. The lowest BCUT2D eigenvalue weighted by molar-refractivity contribution is 0.673. The Morgan fingerprint density at radius 2 is 1.96 bits per heavy atom. The topological polar surface area (TPSA) is 72.3 Å². The van der Waals surface area contributed by atoms with Gasteiger partial charge in [-0.3, -0.25) is 4.40 Å². The largest absolute Gasteiger partial charge is 0.382 e. The number of pyridine rings is 1. The molecular formula is C17H17ClN6S. The molecule has 128 valence electrons. The van der Waals surface area contributed by atoms with Crippen LogP contribution in [0.1, 0.15) is 6.92 Å². The number of hydrogen-bond donors (Lipinski definition) is 1. The standard InChI is InChI=1S/C17H17ClN6S/c1-9-10-7-23(8-11(9)10)17-22-6-13(16-21-4-5-24(16)17)25-12-2-3-20-15(19)14(12)18/h2-6,9-11H,7-8H2,1H3,(H2,19,20)/t9-,10-,11+. The second-order valence-corrected chi connectivity index (χ2v) is 8.21. The van der Waals surface area contributed by atoms with E-state index in [9.17, 15) is 0 Å². The Balaban J connectivity index is 1.50. The molecule has 0 bridgehead atoms. The molecule has 4 heterocycles. The fourth-order valence-electron chi connectivity index (χ4n) is 3.81. The molecule has 0 aromatic carbocycles. The number of nitrogens with two attached hydrogens (primary N) is 1. The smallest absolute Gasteiger partial charge is 0.211 e. The van der Waals surface area contributed by atoms with Crippen molar-refractivity contribution in [2.75, 3.05) is 23.7 Å². The average molecular weight is 373 g/mol. The van der Waals surface area contributed by atoms with E-state index in [-0.39, 0.29) is 0 Å². The zero-order valence-electron chi connectivity index (χ0n) is 13.6. The van der Waals surface area contributed by atoms with Gasteiger partial charge in [-0.25, -0.2) is 15.0 Å². The van der Waals surface area contributed by atoms with E-state index >= 15 is 0 Å². The molecule has 3 atom stereocenters. The Hall–Kier alpha value is -1.99. The molecule has 0 amide bonds. The van der Waals surface area contributed by atoms with Crippen LogP contribution in [-0.4, -0.2) is 32.4 Å². The molecule has 3 aromatic rings. The summed E-state index contributed by atoms with van der Waals surface area (Å²) in [4.78, 5) is 17.4. The van der Waals surface area contributed by atoms with E-state index in [4.69, 9.17) is 22.3 Å². The molecule has 0 spiro atoms. The van der Waals surface area contributed by atoms with Crippen molar-refractivity contribution in [2.45, 2.75) is 16.7 Å². The second-order valence-electron chi connectivity index (χ2n) is 6.75. The first-order valence-corrected chi connectivity index (χ1v) is 9.48. The SMILES string of the molecule is C[C@@H]1[C@H]2CN(c3ncc(Sc4ccnc(N)c4Cl)c4nccn34)C[C@@H]12. The Kier molecular flexibility index (Phi) is 3.36. The number of aromatic nitrogens is 4. The number of anilines is 2. The van der Waals surface area contributed by atoms with E-state index in [0.29, 0.717) is 10.8 Å². The molecule has 0 radical (unpaired) electrons. The Bertz CT molecular complexity index is 961. The minimum absolute atomic E-state index is 0.334. The van der Waals surface area contributed by atoms with Crippen LogP contribution in [0.25, 0.3) is 5.65 Å². The highest BCUT2D eigenvalue weighted by Gasteiger charge is 2.53. The summed E-state index contributed by atoms with van der Waals surface area (Å²) in [7, 11) is 0. The van der Waals surface area contributed by atoms with Crippen LogP contribution in [0.15, 0.2) is 40.6 Å². The highest BCUT2D eigenvalue weighted by Crippen LogP contribution is 2.52. The van der Waals surface area contributed by atoms with Crippen molar-refractivity contribution >= 4 is 40.8 Å². The van der Waals surface area contributed by atoms with Gasteiger partial charge in [0, 0.05) is 42.8 Å². The van der Waals surface area contributed by atoms with Crippen LogP contribution >= 0.6 is 23.4 Å². The molecule has 8 heteroatoms. The summed E-state index contributed by atoms with van der Waals surface area (Å²) in [5.74, 6) is 3.82. The van der Waals surface area contributed by atoms with Crippen molar-refractivity contribution < 1.29 is 0 Å². The molecule has 1 saturated heterocycles. The molecule has 0 unspecified atom stereocenters. The Morgan fingerprint density at radius 3 is 2.76 bits per heavy atom. The number of rotatable bonds is 3. The summed E-state index contributed by atoms with van der Waals surface area (Å²) >= 11 is 7.78. The molecule has 1 aliphatic heterocycles. The van der Waals surface area contributed by atoms with Crippen LogP contribution in [0.5, 0.6) is 0 Å². The van der Waals surface area contributed by atoms with Crippen LogP contribution in [0, 0.1) is 17.8 Å². The highest BCUT2D eigenvalue weighted by molar-refractivity contribution is 7.99. The van der Waals surface area contributed by atoms with Gasteiger partial charge in [-0.1, -0.05) is 30.3 Å². The third kappa shape index (κ3) is 2.37. The maximum Gasteiger partial charge on any atom is 0.211 e. The fourth-order valence-corrected chi connectivity index (χ4v) is 4.95. The summed E-state index contributed by atoms with van der Waals surface area (Å²) in [5, 5.41) is 0.468. The summed E-state index contributed by atoms with van der Waals surface area (Å²) < 4.78 is 2.07. The number of nitrogens with zero attached hydrogens (tertiary/aromatic N) is 5. The number of hydrogen-bond acceptors (Lipinski definition) is 6. The van der Waals surface area contributed by atoms with Gasteiger partial charge in [0.05, 0.1) is 9.92 Å². The molecule has 25 heavy (non-hydrogen) atoms. The van der Waals surface area contributed by atoms with Gasteiger partial charge in [0.25, 0.3) is 0 Å². The number of imidazole rings is 1. The quantitative estimate of drug-likeness (QED) is 0.761. The summed E-state index contributed by atoms with van der Waals surface area (Å²) in [6.07, 6.45) is 7.32. The van der Waals surface area contributed by atoms with Gasteiger partial charge in [0.1, 0.15) is 5.82 Å². The van der Waals surface area contributed by atoms with E-state index in [1.165, 1.54) is 11.8 Å². The first-order chi connectivity index (χ1) is 12.1. The van der Waals surface area contributed by atoms with Gasteiger partial charge < -0.3 is 10.6 Å². The fraction of sp³-hybridized carbons (Fsp3) is 0.353. The summed E-state index contributed by atoms with van der Waals surface area (Å²) in [5.41, 5.74) is 6.69. The molecule has 2 fully saturated rings.